The molecule has 0 saturated heterocycles. The molecular weight excluding hydrogens is 516 g/mol. The molecule has 0 radical (unpaired) electrons. The number of para-hydroxylation sites is 1. The van der Waals surface area contributed by atoms with E-state index in [1.165, 1.54) is 11.3 Å². The van der Waals surface area contributed by atoms with Crippen LogP contribution in [-0.2, 0) is 22.5 Å². The standard InChI is InChI=1S/C29H30N4O5S/c1-17(2)33-12-11-22-20(14-33)27(19-7-5-6-8-21(19)30-22)28(35)38-15-26(34)32-29-31-23(16-39-29)18-9-10-24(36-3)25(13-18)37-4/h5-10,13,16-17H,11-12,14-15H2,1-4H3,(H,31,32,34). The van der Waals surface area contributed by atoms with E-state index < -0.39 is 18.5 Å². The minimum Gasteiger partial charge on any atom is -0.493 e. The first kappa shape index (κ1) is 26.6. The Labute approximate surface area is 230 Å². The van der Waals surface area contributed by atoms with E-state index in [0.29, 0.717) is 40.5 Å². The van der Waals surface area contributed by atoms with Gasteiger partial charge in [0.1, 0.15) is 0 Å². The SMILES string of the molecule is COc1ccc(-c2csc(NC(=O)COC(=O)c3c4c(nc5ccccc35)CCN(C(C)C)C4)n2)cc1OC. The number of nitrogens with zero attached hydrogens (tertiary/aromatic N) is 3. The summed E-state index contributed by atoms with van der Waals surface area (Å²) in [5.74, 6) is 0.207. The molecule has 2 aromatic carbocycles. The van der Waals surface area contributed by atoms with Crippen LogP contribution in [0.2, 0.25) is 0 Å². The van der Waals surface area contributed by atoms with E-state index in [9.17, 15) is 9.59 Å². The molecule has 0 bridgehead atoms. The Hall–Kier alpha value is -4.02. The number of hydrogen-bond donors (Lipinski definition) is 1. The highest BCUT2D eigenvalue weighted by atomic mass is 32.1. The maximum atomic E-state index is 13.4. The molecule has 1 aliphatic rings. The number of anilines is 1. The number of carbonyl (C=O) groups excluding carboxylic acids is 2. The van der Waals surface area contributed by atoms with Crippen molar-refractivity contribution < 1.29 is 23.8 Å². The van der Waals surface area contributed by atoms with Crippen LogP contribution in [0.25, 0.3) is 22.2 Å². The molecule has 0 spiro atoms. The summed E-state index contributed by atoms with van der Waals surface area (Å²) in [6.45, 7) is 5.34. The number of thiazole rings is 1. The number of esters is 1. The average molecular weight is 547 g/mol. The van der Waals surface area contributed by atoms with Crippen LogP contribution in [0.15, 0.2) is 47.8 Å². The number of methoxy groups -OCH3 is 2. The van der Waals surface area contributed by atoms with Crippen LogP contribution in [0.3, 0.4) is 0 Å². The lowest BCUT2D eigenvalue weighted by Crippen LogP contribution is -2.37. The van der Waals surface area contributed by atoms with Crippen molar-refractivity contribution in [3.63, 3.8) is 0 Å². The number of nitrogens with one attached hydrogen (secondary N) is 1. The number of rotatable bonds is 8. The van der Waals surface area contributed by atoms with Crippen molar-refractivity contribution in [2.75, 3.05) is 32.7 Å². The summed E-state index contributed by atoms with van der Waals surface area (Å²) in [7, 11) is 3.15. The smallest absolute Gasteiger partial charge is 0.339 e. The highest BCUT2D eigenvalue weighted by Gasteiger charge is 2.28. The molecule has 4 aromatic rings. The van der Waals surface area contributed by atoms with Crippen molar-refractivity contribution >= 4 is 39.2 Å². The summed E-state index contributed by atoms with van der Waals surface area (Å²) in [6.07, 6.45) is 0.756. The number of benzene rings is 2. The minimum atomic E-state index is -0.532. The van der Waals surface area contributed by atoms with E-state index in [-0.39, 0.29) is 0 Å². The van der Waals surface area contributed by atoms with Crippen molar-refractivity contribution in [2.24, 2.45) is 0 Å². The summed E-state index contributed by atoms with van der Waals surface area (Å²) >= 11 is 1.28. The van der Waals surface area contributed by atoms with Crippen molar-refractivity contribution in [1.82, 2.24) is 14.9 Å². The van der Waals surface area contributed by atoms with Gasteiger partial charge in [-0.05, 0) is 38.1 Å². The molecule has 0 unspecified atom stereocenters. The fourth-order valence-electron chi connectivity index (χ4n) is 4.70. The molecule has 9 nitrogen and oxygen atoms in total. The Morgan fingerprint density at radius 2 is 1.87 bits per heavy atom. The topological polar surface area (TPSA) is 103 Å². The third-order valence-corrected chi connectivity index (χ3v) is 7.53. The van der Waals surface area contributed by atoms with Gasteiger partial charge in [-0.1, -0.05) is 18.2 Å². The highest BCUT2D eigenvalue weighted by Crippen LogP contribution is 2.34. The van der Waals surface area contributed by atoms with Crippen molar-refractivity contribution in [2.45, 2.75) is 32.9 Å². The predicted octanol–water partition coefficient (Wildman–Crippen LogP) is 4.94. The van der Waals surface area contributed by atoms with Gasteiger partial charge in [0, 0.05) is 53.1 Å². The van der Waals surface area contributed by atoms with E-state index in [4.69, 9.17) is 19.2 Å². The number of aromatic nitrogens is 2. The average Bonchev–Trinajstić information content (AvgIpc) is 3.42. The Morgan fingerprint density at radius 1 is 1.08 bits per heavy atom. The second-order valence-electron chi connectivity index (χ2n) is 9.48. The molecule has 202 valence electrons. The van der Waals surface area contributed by atoms with Gasteiger partial charge < -0.3 is 14.2 Å². The fraction of sp³-hybridized carbons (Fsp3) is 0.310. The maximum absolute atomic E-state index is 13.4. The molecule has 5 rings (SSSR count). The van der Waals surface area contributed by atoms with Gasteiger partial charge in [-0.2, -0.15) is 0 Å². The van der Waals surface area contributed by atoms with Gasteiger partial charge in [0.15, 0.2) is 23.2 Å². The normalized spacial score (nSPS) is 13.3. The second-order valence-corrected chi connectivity index (χ2v) is 10.3. The first-order chi connectivity index (χ1) is 18.9. The maximum Gasteiger partial charge on any atom is 0.339 e. The lowest BCUT2D eigenvalue weighted by Gasteiger charge is -2.32. The van der Waals surface area contributed by atoms with Crippen molar-refractivity contribution in [3.05, 3.63) is 64.7 Å². The van der Waals surface area contributed by atoms with Gasteiger partial charge in [0.2, 0.25) is 0 Å². The number of hydrogen-bond acceptors (Lipinski definition) is 9. The Balaban J connectivity index is 1.30. The number of pyridine rings is 1. The van der Waals surface area contributed by atoms with Gasteiger partial charge in [-0.15, -0.1) is 11.3 Å². The summed E-state index contributed by atoms with van der Waals surface area (Å²) in [4.78, 5) is 37.7. The first-order valence-electron chi connectivity index (χ1n) is 12.7. The third-order valence-electron chi connectivity index (χ3n) is 6.77. The Kier molecular flexibility index (Phi) is 7.76. The second kappa shape index (κ2) is 11.4. The third kappa shape index (κ3) is 5.57. The number of carbonyl (C=O) groups is 2. The molecule has 0 fully saturated rings. The van der Waals surface area contributed by atoms with Crippen molar-refractivity contribution in [1.29, 1.82) is 0 Å². The summed E-state index contributed by atoms with van der Waals surface area (Å²) < 4.78 is 16.2. The number of amides is 1. The van der Waals surface area contributed by atoms with E-state index in [2.05, 4.69) is 29.0 Å². The molecule has 0 atom stereocenters. The molecular formula is C29H30N4O5S. The molecule has 1 amide bonds. The lowest BCUT2D eigenvalue weighted by molar-refractivity contribution is -0.119. The van der Waals surface area contributed by atoms with E-state index >= 15 is 0 Å². The van der Waals surface area contributed by atoms with Crippen LogP contribution in [0.5, 0.6) is 11.5 Å². The van der Waals surface area contributed by atoms with E-state index in [0.717, 1.165) is 40.7 Å². The molecule has 1 aliphatic heterocycles. The number of fused-ring (bicyclic) bond motifs is 2. The zero-order chi connectivity index (χ0) is 27.5. The van der Waals surface area contributed by atoms with Crippen LogP contribution in [0.4, 0.5) is 5.13 Å². The molecule has 3 heterocycles. The number of ether oxygens (including phenoxy) is 3. The minimum absolute atomic E-state index is 0.335. The van der Waals surface area contributed by atoms with Crippen LogP contribution in [0, 0.1) is 0 Å². The van der Waals surface area contributed by atoms with Crippen LogP contribution >= 0.6 is 11.3 Å². The van der Waals surface area contributed by atoms with Crippen LogP contribution < -0.4 is 14.8 Å². The Bertz CT molecular complexity index is 1530. The molecule has 2 aromatic heterocycles. The van der Waals surface area contributed by atoms with Crippen LogP contribution in [-0.4, -0.2) is 60.2 Å². The van der Waals surface area contributed by atoms with Gasteiger partial charge in [0.05, 0.1) is 31.0 Å². The van der Waals surface area contributed by atoms with Gasteiger partial charge in [-0.3, -0.25) is 20.0 Å². The monoisotopic (exact) mass is 546 g/mol. The Morgan fingerprint density at radius 3 is 2.64 bits per heavy atom. The summed E-state index contributed by atoms with van der Waals surface area (Å²) in [5, 5.41) is 5.69. The zero-order valence-corrected chi connectivity index (χ0v) is 23.1. The zero-order valence-electron chi connectivity index (χ0n) is 22.3. The van der Waals surface area contributed by atoms with Gasteiger partial charge in [-0.25, -0.2) is 9.78 Å². The van der Waals surface area contributed by atoms with Gasteiger partial charge >= 0.3 is 5.97 Å². The molecule has 10 heteroatoms. The quantitative estimate of drug-likeness (QED) is 0.310. The summed E-state index contributed by atoms with van der Waals surface area (Å²) in [6, 6.07) is 13.4. The fourth-order valence-corrected chi connectivity index (χ4v) is 5.44. The molecule has 1 N–H and O–H groups in total. The predicted molar refractivity (Wildman–Crippen MR) is 151 cm³/mol. The van der Waals surface area contributed by atoms with Gasteiger partial charge in [0.25, 0.3) is 5.91 Å². The first-order valence-corrected chi connectivity index (χ1v) is 13.5. The molecule has 0 aliphatic carbocycles. The molecule has 39 heavy (non-hydrogen) atoms. The van der Waals surface area contributed by atoms with Crippen LogP contribution in [0.1, 0.15) is 35.5 Å². The largest absolute Gasteiger partial charge is 0.493 e. The van der Waals surface area contributed by atoms with E-state index in [1.54, 1.807) is 20.3 Å². The lowest BCUT2D eigenvalue weighted by atomic mass is 9.95. The summed E-state index contributed by atoms with van der Waals surface area (Å²) in [5.41, 5.74) is 4.51. The van der Waals surface area contributed by atoms with E-state index in [1.807, 2.05) is 41.8 Å². The van der Waals surface area contributed by atoms with Crippen molar-refractivity contribution in [3.8, 4) is 22.8 Å². The molecule has 0 saturated carbocycles. The highest BCUT2D eigenvalue weighted by molar-refractivity contribution is 7.14.